The van der Waals surface area contributed by atoms with Crippen LogP contribution in [0.5, 0.6) is 5.75 Å². The van der Waals surface area contributed by atoms with Crippen LogP contribution in [0.3, 0.4) is 0 Å². The maximum atomic E-state index is 13.2. The summed E-state index contributed by atoms with van der Waals surface area (Å²) >= 11 is 5.88. The Balaban J connectivity index is 1.53. The molecule has 37 heavy (non-hydrogen) atoms. The zero-order valence-corrected chi connectivity index (χ0v) is 21.2. The molecule has 11 heteroatoms. The molecule has 1 aliphatic heterocycles. The molecule has 0 spiro atoms. The molecule has 1 heterocycles. The maximum absolute atomic E-state index is 13.2. The maximum Gasteiger partial charge on any atom is 0.339 e. The van der Waals surface area contributed by atoms with Crippen LogP contribution in [0.4, 0.5) is 0 Å². The van der Waals surface area contributed by atoms with Gasteiger partial charge >= 0.3 is 10.1 Å². The zero-order valence-electron chi connectivity index (χ0n) is 19.6. The highest BCUT2D eigenvalue weighted by atomic mass is 35.5. The Hall–Kier alpha value is -4.02. The molecule has 1 saturated heterocycles. The first-order chi connectivity index (χ1) is 17.5. The number of carbonyl (C=O) groups excluding carboxylic acids is 4. The van der Waals surface area contributed by atoms with E-state index >= 15 is 0 Å². The van der Waals surface area contributed by atoms with Gasteiger partial charge in [-0.1, -0.05) is 29.3 Å². The van der Waals surface area contributed by atoms with Gasteiger partial charge in [0.15, 0.2) is 5.78 Å². The number of Topliss-reactive ketones (excluding diaryl/α,β-unsaturated/α-hetero) is 1. The molecule has 0 atom stereocenters. The summed E-state index contributed by atoms with van der Waals surface area (Å²) in [5, 5.41) is 1.90. The number of hydrogen-bond acceptors (Lipinski definition) is 7. The fourth-order valence-electron chi connectivity index (χ4n) is 3.61. The predicted molar refractivity (Wildman–Crippen MR) is 133 cm³/mol. The van der Waals surface area contributed by atoms with Crippen molar-refractivity contribution >= 4 is 45.2 Å². The Bertz CT molecular complexity index is 1450. The number of halogens is 1. The predicted octanol–water partition coefficient (Wildman–Crippen LogP) is 3.81. The lowest BCUT2D eigenvalue weighted by Gasteiger charge is -2.29. The third kappa shape index (κ3) is 5.87. The molecule has 3 amide bonds. The fourth-order valence-corrected chi connectivity index (χ4v) is 4.67. The number of imide groups is 1. The van der Waals surface area contributed by atoms with Gasteiger partial charge in [-0.05, 0) is 67.6 Å². The molecule has 1 aliphatic rings. The molecular formula is C26H21ClN2O7S. The average Bonchev–Trinajstić information content (AvgIpc) is 3.20. The molecule has 3 aromatic carbocycles. The first-order valence-electron chi connectivity index (χ1n) is 11.1. The van der Waals surface area contributed by atoms with Gasteiger partial charge in [0.05, 0.1) is 0 Å². The van der Waals surface area contributed by atoms with E-state index in [4.69, 9.17) is 15.8 Å². The van der Waals surface area contributed by atoms with Gasteiger partial charge < -0.3 is 4.18 Å². The van der Waals surface area contributed by atoms with Crippen LogP contribution >= 0.6 is 11.6 Å². The number of aryl methyl sites for hydroxylation is 1. The van der Waals surface area contributed by atoms with Crippen molar-refractivity contribution in [2.75, 3.05) is 6.54 Å². The molecule has 9 nitrogen and oxygen atoms in total. The first-order valence-corrected chi connectivity index (χ1v) is 12.9. The highest BCUT2D eigenvalue weighted by Crippen LogP contribution is 2.22. The van der Waals surface area contributed by atoms with Gasteiger partial charge in [-0.25, -0.2) is 5.01 Å². The van der Waals surface area contributed by atoms with Crippen LogP contribution in [0.15, 0.2) is 77.7 Å². The molecule has 0 unspecified atom stereocenters. The Kier molecular flexibility index (Phi) is 7.42. The molecule has 0 saturated carbocycles. The summed E-state index contributed by atoms with van der Waals surface area (Å²) in [5.74, 6) is -2.51. The van der Waals surface area contributed by atoms with E-state index in [1.807, 2.05) is 6.92 Å². The second-order valence-corrected chi connectivity index (χ2v) is 10.2. The third-order valence-electron chi connectivity index (χ3n) is 5.58. The summed E-state index contributed by atoms with van der Waals surface area (Å²) in [7, 11) is -4.08. The van der Waals surface area contributed by atoms with Crippen LogP contribution in [0.2, 0.25) is 5.02 Å². The topological polar surface area (TPSA) is 118 Å². The lowest BCUT2D eigenvalue weighted by Crippen LogP contribution is -2.51. The van der Waals surface area contributed by atoms with Crippen molar-refractivity contribution in [3.8, 4) is 5.75 Å². The number of hydrazine groups is 1. The van der Waals surface area contributed by atoms with Gasteiger partial charge in [-0.15, -0.1) is 0 Å². The highest BCUT2D eigenvalue weighted by Gasteiger charge is 2.38. The molecule has 4 rings (SSSR count). The van der Waals surface area contributed by atoms with Crippen molar-refractivity contribution in [2.24, 2.45) is 0 Å². The molecule has 1 fully saturated rings. The lowest BCUT2D eigenvalue weighted by atomic mass is 10.1. The Morgan fingerprint density at radius 2 is 1.41 bits per heavy atom. The Morgan fingerprint density at radius 1 is 0.865 bits per heavy atom. The van der Waals surface area contributed by atoms with Crippen molar-refractivity contribution in [3.63, 3.8) is 0 Å². The molecule has 0 aliphatic carbocycles. The second-order valence-electron chi connectivity index (χ2n) is 8.27. The quantitative estimate of drug-likeness (QED) is 0.242. The van der Waals surface area contributed by atoms with Gasteiger partial charge in [0.25, 0.3) is 5.91 Å². The van der Waals surface area contributed by atoms with Crippen LogP contribution in [0.25, 0.3) is 0 Å². The van der Waals surface area contributed by atoms with E-state index in [2.05, 4.69) is 0 Å². The van der Waals surface area contributed by atoms with E-state index in [-0.39, 0.29) is 34.6 Å². The minimum absolute atomic E-state index is 0.0175. The monoisotopic (exact) mass is 540 g/mol. The number of benzene rings is 3. The smallest absolute Gasteiger partial charge is 0.339 e. The molecule has 0 radical (unpaired) electrons. The fraction of sp³-hybridized carbons (Fsp3) is 0.154. The summed E-state index contributed by atoms with van der Waals surface area (Å²) in [4.78, 5) is 50.9. The number of hydrogen-bond donors (Lipinski definition) is 0. The minimum atomic E-state index is -4.08. The molecular weight excluding hydrogens is 520 g/mol. The second kappa shape index (κ2) is 10.5. The van der Waals surface area contributed by atoms with E-state index in [1.165, 1.54) is 60.7 Å². The van der Waals surface area contributed by atoms with E-state index in [0.717, 1.165) is 10.6 Å². The van der Waals surface area contributed by atoms with Gasteiger partial charge in [0, 0.05) is 29.0 Å². The van der Waals surface area contributed by atoms with E-state index in [9.17, 15) is 27.6 Å². The van der Waals surface area contributed by atoms with Crippen LogP contribution < -0.4 is 4.18 Å². The third-order valence-corrected chi connectivity index (χ3v) is 7.09. The zero-order chi connectivity index (χ0) is 26.7. The summed E-state index contributed by atoms with van der Waals surface area (Å²) in [6.45, 7) is 1.23. The van der Waals surface area contributed by atoms with Gasteiger partial charge in [0.2, 0.25) is 11.8 Å². The van der Waals surface area contributed by atoms with Gasteiger partial charge in [-0.2, -0.15) is 13.4 Å². The minimum Gasteiger partial charge on any atom is -0.379 e. The molecule has 0 bridgehead atoms. The van der Waals surface area contributed by atoms with Crippen LogP contribution in [-0.2, 0) is 19.7 Å². The highest BCUT2D eigenvalue weighted by molar-refractivity contribution is 7.87. The molecule has 3 aromatic rings. The lowest BCUT2D eigenvalue weighted by molar-refractivity contribution is -0.152. The number of amides is 3. The first kappa shape index (κ1) is 26.1. The largest absolute Gasteiger partial charge is 0.379 e. The van der Waals surface area contributed by atoms with Crippen molar-refractivity contribution in [1.82, 2.24) is 10.0 Å². The standard InChI is InChI=1S/C26H21ClN2O7S/c1-17-2-12-22(13-3-17)37(34,35)36-21-10-6-18(7-11-21)23(30)16-28(29-24(31)14-15-25(29)32)26(33)19-4-8-20(27)9-5-19/h2-13H,14-16H2,1H3. The molecule has 0 aromatic heterocycles. The van der Waals surface area contributed by atoms with Crippen molar-refractivity contribution in [3.05, 3.63) is 94.5 Å². The number of nitrogens with zero attached hydrogens (tertiary/aromatic N) is 2. The van der Waals surface area contributed by atoms with Gasteiger partial charge in [-0.3, -0.25) is 19.2 Å². The van der Waals surface area contributed by atoms with Crippen molar-refractivity contribution < 1.29 is 31.8 Å². The Labute approximate surface area is 218 Å². The summed E-state index contributed by atoms with van der Waals surface area (Å²) in [6.07, 6.45) is -0.141. The number of carbonyl (C=O) groups is 4. The van der Waals surface area contributed by atoms with Gasteiger partial charge in [0.1, 0.15) is 17.2 Å². The van der Waals surface area contributed by atoms with Crippen molar-refractivity contribution in [2.45, 2.75) is 24.7 Å². The van der Waals surface area contributed by atoms with Crippen LogP contribution in [0, 0.1) is 6.92 Å². The molecule has 190 valence electrons. The van der Waals surface area contributed by atoms with Crippen LogP contribution in [-0.4, -0.2) is 48.5 Å². The van der Waals surface area contributed by atoms with E-state index in [0.29, 0.717) is 10.0 Å². The summed E-state index contributed by atoms with van der Waals surface area (Å²) in [5.41, 5.74) is 1.14. The average molecular weight is 541 g/mol. The normalized spacial score (nSPS) is 13.5. The van der Waals surface area contributed by atoms with Crippen LogP contribution in [0.1, 0.15) is 39.1 Å². The van der Waals surface area contributed by atoms with Crippen molar-refractivity contribution in [1.29, 1.82) is 0 Å². The number of rotatable bonds is 8. The Morgan fingerprint density at radius 3 is 1.97 bits per heavy atom. The van der Waals surface area contributed by atoms with E-state index < -0.39 is 40.2 Å². The number of ketones is 1. The summed E-state index contributed by atoms with van der Waals surface area (Å²) < 4.78 is 30.2. The van der Waals surface area contributed by atoms with E-state index in [1.54, 1.807) is 12.1 Å². The molecule has 0 N–H and O–H groups in total. The SMILES string of the molecule is Cc1ccc(S(=O)(=O)Oc2ccc(C(=O)CN(C(=O)c3ccc(Cl)cc3)N3C(=O)CCC3=O)cc2)cc1. The summed E-state index contributed by atoms with van der Waals surface area (Å²) in [6, 6.07) is 17.2.